The normalized spacial score (nSPS) is 10.9. The number of ether oxygens (including phenoxy) is 1. The van der Waals surface area contributed by atoms with Crippen LogP contribution in [-0.2, 0) is 24.4 Å². The Morgan fingerprint density at radius 2 is 2.00 bits per heavy atom. The monoisotopic (exact) mass is 324 g/mol. The van der Waals surface area contributed by atoms with Crippen molar-refractivity contribution >= 4 is 16.9 Å². The van der Waals surface area contributed by atoms with Crippen LogP contribution >= 0.6 is 0 Å². The lowest BCUT2D eigenvalue weighted by Gasteiger charge is -2.10. The maximum Gasteiger partial charge on any atom is 0.251 e. The number of nitrogens with one attached hydrogen (secondary N) is 1. The second kappa shape index (κ2) is 7.23. The Morgan fingerprint density at radius 3 is 2.75 bits per heavy atom. The van der Waals surface area contributed by atoms with Crippen LogP contribution in [0.5, 0.6) is 0 Å². The molecule has 0 saturated heterocycles. The number of carbonyl (C=O) groups excluding carboxylic acids is 1. The van der Waals surface area contributed by atoms with Crippen LogP contribution in [0.3, 0.4) is 0 Å². The summed E-state index contributed by atoms with van der Waals surface area (Å²) in [7, 11) is 1.66. The highest BCUT2D eigenvalue weighted by Gasteiger charge is 2.10. The zero-order chi connectivity index (χ0) is 16.9. The highest BCUT2D eigenvalue weighted by atomic mass is 16.5. The largest absolute Gasteiger partial charge is 0.380 e. The second-order valence-corrected chi connectivity index (χ2v) is 5.49. The predicted molar refractivity (Wildman–Crippen MR) is 91.5 cm³/mol. The fraction of sp³-hybridized carbons (Fsp3) is 0.278. The molecule has 0 aliphatic heterocycles. The van der Waals surface area contributed by atoms with Crippen LogP contribution in [0.4, 0.5) is 0 Å². The molecule has 6 heteroatoms. The summed E-state index contributed by atoms with van der Waals surface area (Å²) < 4.78 is 6.99. The third-order valence-electron chi connectivity index (χ3n) is 3.93. The van der Waals surface area contributed by atoms with Crippen molar-refractivity contribution in [2.45, 2.75) is 26.6 Å². The molecule has 0 bridgehead atoms. The lowest BCUT2D eigenvalue weighted by Crippen LogP contribution is -2.23. The summed E-state index contributed by atoms with van der Waals surface area (Å²) in [6.45, 7) is 3.74. The highest BCUT2D eigenvalue weighted by Crippen LogP contribution is 2.14. The lowest BCUT2D eigenvalue weighted by molar-refractivity contribution is 0.0950. The molecular weight excluding hydrogens is 304 g/mol. The number of aryl methyl sites for hydroxylation is 1. The quantitative estimate of drug-likeness (QED) is 0.756. The van der Waals surface area contributed by atoms with Gasteiger partial charge >= 0.3 is 0 Å². The summed E-state index contributed by atoms with van der Waals surface area (Å²) in [6, 6.07) is 13.4. The van der Waals surface area contributed by atoms with Gasteiger partial charge in [-0.2, -0.15) is 0 Å². The summed E-state index contributed by atoms with van der Waals surface area (Å²) >= 11 is 0. The molecule has 0 aliphatic rings. The van der Waals surface area contributed by atoms with Crippen molar-refractivity contribution in [2.75, 3.05) is 7.11 Å². The number of carbonyl (C=O) groups is 1. The number of benzene rings is 2. The number of rotatable bonds is 6. The number of nitrogens with zero attached hydrogens (tertiary/aromatic N) is 3. The molecule has 24 heavy (non-hydrogen) atoms. The van der Waals surface area contributed by atoms with E-state index < -0.39 is 0 Å². The molecule has 1 amide bonds. The third kappa shape index (κ3) is 3.28. The van der Waals surface area contributed by atoms with Crippen LogP contribution in [-0.4, -0.2) is 28.0 Å². The van der Waals surface area contributed by atoms with E-state index in [-0.39, 0.29) is 5.91 Å². The first-order valence-electron chi connectivity index (χ1n) is 7.90. The molecule has 0 spiro atoms. The smallest absolute Gasteiger partial charge is 0.251 e. The minimum Gasteiger partial charge on any atom is -0.380 e. The van der Waals surface area contributed by atoms with Gasteiger partial charge in [0.2, 0.25) is 0 Å². The molecule has 0 radical (unpaired) electrons. The average molecular weight is 324 g/mol. The van der Waals surface area contributed by atoms with Crippen LogP contribution in [0.1, 0.15) is 28.4 Å². The van der Waals surface area contributed by atoms with Crippen molar-refractivity contribution in [2.24, 2.45) is 0 Å². The molecule has 2 aromatic carbocycles. The van der Waals surface area contributed by atoms with E-state index in [0.29, 0.717) is 18.7 Å². The Bertz CT molecular complexity index is 857. The molecule has 124 valence electrons. The summed E-state index contributed by atoms with van der Waals surface area (Å²) in [4.78, 5) is 12.4. The van der Waals surface area contributed by atoms with Gasteiger partial charge in [0.05, 0.1) is 12.1 Å². The van der Waals surface area contributed by atoms with Crippen LogP contribution in [0.2, 0.25) is 0 Å². The van der Waals surface area contributed by atoms with Gasteiger partial charge < -0.3 is 10.1 Å². The van der Waals surface area contributed by atoms with Crippen molar-refractivity contribution in [1.29, 1.82) is 0 Å². The minimum absolute atomic E-state index is 0.129. The number of hydrogen-bond donors (Lipinski definition) is 1. The number of methoxy groups -OCH3 is 1. The van der Waals surface area contributed by atoms with E-state index in [1.807, 2.05) is 37.3 Å². The Labute approximate surface area is 140 Å². The van der Waals surface area contributed by atoms with Crippen LogP contribution in [0, 0.1) is 0 Å². The lowest BCUT2D eigenvalue weighted by atomic mass is 10.1. The molecule has 6 nitrogen and oxygen atoms in total. The topological polar surface area (TPSA) is 69.0 Å². The molecule has 1 N–H and O–H groups in total. The Hall–Kier alpha value is -2.73. The molecule has 1 aromatic heterocycles. The molecule has 0 aliphatic carbocycles. The Balaban J connectivity index is 1.73. The first-order chi connectivity index (χ1) is 11.7. The minimum atomic E-state index is -0.129. The maximum absolute atomic E-state index is 12.4. The van der Waals surface area contributed by atoms with Crippen molar-refractivity contribution in [1.82, 2.24) is 20.3 Å². The van der Waals surface area contributed by atoms with E-state index in [9.17, 15) is 4.79 Å². The van der Waals surface area contributed by atoms with E-state index in [4.69, 9.17) is 4.74 Å². The molecule has 0 fully saturated rings. The van der Waals surface area contributed by atoms with E-state index in [1.54, 1.807) is 23.9 Å². The van der Waals surface area contributed by atoms with Crippen molar-refractivity contribution < 1.29 is 9.53 Å². The number of aromatic nitrogens is 3. The van der Waals surface area contributed by atoms with Gasteiger partial charge in [0.25, 0.3) is 5.91 Å². The molecule has 3 aromatic rings. The Morgan fingerprint density at radius 1 is 1.21 bits per heavy atom. The van der Waals surface area contributed by atoms with Gasteiger partial charge in [-0.05, 0) is 36.2 Å². The zero-order valence-corrected chi connectivity index (χ0v) is 13.8. The fourth-order valence-corrected chi connectivity index (χ4v) is 2.65. The number of amides is 1. The molecule has 0 unspecified atom stereocenters. The molecular formula is C18H20N4O2. The first-order valence-corrected chi connectivity index (χ1v) is 7.90. The average Bonchev–Trinajstić information content (AvgIpc) is 3.03. The summed E-state index contributed by atoms with van der Waals surface area (Å²) in [6.07, 6.45) is 0. The van der Waals surface area contributed by atoms with Crippen LogP contribution in [0.25, 0.3) is 11.0 Å². The van der Waals surface area contributed by atoms with Gasteiger partial charge in [-0.25, -0.2) is 4.68 Å². The molecule has 3 rings (SSSR count). The first kappa shape index (κ1) is 16.1. The standard InChI is InChI=1S/C18H20N4O2/c1-3-22-17-9-8-13(10-16(17)20-21-22)18(23)19-11-14-6-4-5-7-15(14)12-24-2/h4-10H,3,11-12H2,1-2H3,(H,19,23). The van der Waals surface area contributed by atoms with Crippen LogP contribution in [0.15, 0.2) is 42.5 Å². The number of hydrogen-bond acceptors (Lipinski definition) is 4. The van der Waals surface area contributed by atoms with Gasteiger partial charge in [0, 0.05) is 25.8 Å². The van der Waals surface area contributed by atoms with Gasteiger partial charge in [-0.3, -0.25) is 4.79 Å². The summed E-state index contributed by atoms with van der Waals surface area (Å²) in [5, 5.41) is 11.1. The van der Waals surface area contributed by atoms with E-state index in [1.165, 1.54) is 0 Å². The third-order valence-corrected chi connectivity index (χ3v) is 3.93. The zero-order valence-electron chi connectivity index (χ0n) is 13.8. The molecule has 0 saturated carbocycles. The summed E-state index contributed by atoms with van der Waals surface area (Å²) in [5.74, 6) is -0.129. The van der Waals surface area contributed by atoms with Crippen molar-refractivity contribution in [3.8, 4) is 0 Å². The van der Waals surface area contributed by atoms with Crippen LogP contribution < -0.4 is 5.32 Å². The predicted octanol–water partition coefficient (Wildman–Crippen LogP) is 2.53. The van der Waals surface area contributed by atoms with E-state index in [0.717, 1.165) is 28.7 Å². The Kier molecular flexibility index (Phi) is 4.86. The van der Waals surface area contributed by atoms with Crippen molar-refractivity contribution in [3.05, 3.63) is 59.2 Å². The van der Waals surface area contributed by atoms with Gasteiger partial charge in [-0.15, -0.1) is 5.10 Å². The molecule has 0 atom stereocenters. The van der Waals surface area contributed by atoms with E-state index in [2.05, 4.69) is 15.6 Å². The van der Waals surface area contributed by atoms with E-state index >= 15 is 0 Å². The summed E-state index contributed by atoms with van der Waals surface area (Å²) in [5.41, 5.74) is 4.35. The number of fused-ring (bicyclic) bond motifs is 1. The SMILES string of the molecule is CCn1nnc2cc(C(=O)NCc3ccccc3COC)ccc21. The van der Waals surface area contributed by atoms with Gasteiger partial charge in [0.1, 0.15) is 5.52 Å². The second-order valence-electron chi connectivity index (χ2n) is 5.49. The van der Waals surface area contributed by atoms with Gasteiger partial charge in [-0.1, -0.05) is 29.5 Å². The fourth-order valence-electron chi connectivity index (χ4n) is 2.65. The van der Waals surface area contributed by atoms with Gasteiger partial charge in [0.15, 0.2) is 0 Å². The van der Waals surface area contributed by atoms with Crippen molar-refractivity contribution in [3.63, 3.8) is 0 Å². The highest BCUT2D eigenvalue weighted by molar-refractivity contribution is 5.97. The molecule has 1 heterocycles. The maximum atomic E-state index is 12.4.